The number of carboxylic acids is 1. The predicted molar refractivity (Wildman–Crippen MR) is 53.3 cm³/mol. The number of rotatable bonds is 2. The molecule has 2 rings (SSSR count). The van der Waals surface area contributed by atoms with E-state index in [1.165, 1.54) is 0 Å². The van der Waals surface area contributed by atoms with Crippen molar-refractivity contribution in [1.29, 1.82) is 0 Å². The van der Waals surface area contributed by atoms with Crippen LogP contribution in [-0.4, -0.2) is 22.3 Å². The summed E-state index contributed by atoms with van der Waals surface area (Å²) in [5.41, 5.74) is 0.969. The molecule has 14 heavy (non-hydrogen) atoms. The topological polar surface area (TPSA) is 45.5 Å². The van der Waals surface area contributed by atoms with Gasteiger partial charge in [0.2, 0.25) is 0 Å². The Kier molecular flexibility index (Phi) is 2.10. The number of allylic oxidation sites excluding steroid dienone is 2. The highest BCUT2D eigenvalue weighted by Gasteiger charge is 2.09. The Morgan fingerprint density at radius 1 is 1.43 bits per heavy atom. The zero-order valence-corrected chi connectivity index (χ0v) is 7.50. The lowest BCUT2D eigenvalue weighted by molar-refractivity contribution is -0.135. The second kappa shape index (κ2) is 3.41. The summed E-state index contributed by atoms with van der Waals surface area (Å²) in [6.07, 6.45) is 9.20. The van der Waals surface area contributed by atoms with Crippen LogP contribution in [0.1, 0.15) is 5.69 Å². The molecule has 0 aromatic carbocycles. The molecule has 0 spiro atoms. The molecule has 4 nitrogen and oxygen atoms in total. The maximum atomic E-state index is 10.6. The zero-order valence-electron chi connectivity index (χ0n) is 7.50. The fraction of sp³-hybridized carbons (Fsp3) is 0.100. The van der Waals surface area contributed by atoms with Gasteiger partial charge >= 0.3 is 5.97 Å². The zero-order chi connectivity index (χ0) is 9.97. The summed E-state index contributed by atoms with van der Waals surface area (Å²) < 4.78 is 1.80. The lowest BCUT2D eigenvalue weighted by Gasteiger charge is -2.20. The normalized spacial score (nSPS) is 13.9. The van der Waals surface area contributed by atoms with Crippen molar-refractivity contribution in [2.45, 2.75) is 0 Å². The first-order valence-corrected chi connectivity index (χ1v) is 4.28. The van der Waals surface area contributed by atoms with Crippen LogP contribution in [0.3, 0.4) is 0 Å². The average Bonchev–Trinajstić information content (AvgIpc) is 2.51. The first-order chi connectivity index (χ1) is 6.77. The first-order valence-electron chi connectivity index (χ1n) is 4.28. The molecule has 0 amide bonds. The first kappa shape index (κ1) is 8.62. The predicted octanol–water partition coefficient (Wildman–Crippen LogP) is 1.05. The fourth-order valence-electron chi connectivity index (χ4n) is 1.39. The summed E-state index contributed by atoms with van der Waals surface area (Å²) in [6.45, 7) is -0.0418. The quantitative estimate of drug-likeness (QED) is 0.758. The van der Waals surface area contributed by atoms with Crippen LogP contribution >= 0.6 is 0 Å². The summed E-state index contributed by atoms with van der Waals surface area (Å²) in [5, 5.41) is 10.3. The van der Waals surface area contributed by atoms with Gasteiger partial charge in [-0.1, -0.05) is 6.08 Å². The van der Waals surface area contributed by atoms with E-state index in [1.54, 1.807) is 15.9 Å². The van der Waals surface area contributed by atoms with E-state index in [4.69, 9.17) is 5.11 Å². The molecule has 2 heterocycles. The number of carbonyl (C=O) groups is 1. The van der Waals surface area contributed by atoms with Crippen molar-refractivity contribution in [2.24, 2.45) is 0 Å². The smallest absolute Gasteiger partial charge is 0.325 e. The summed E-state index contributed by atoms with van der Waals surface area (Å²) >= 11 is 0. The molecule has 0 atom stereocenters. The standard InChI is InChI=1S/C10H10N2O2/c13-10(14)8-11-6-2-1-4-9-5-3-7-12(9)11/h1-7H,8H2,(H,13,14). The van der Waals surface area contributed by atoms with E-state index in [-0.39, 0.29) is 6.54 Å². The number of fused-ring (bicyclic) bond motifs is 1. The Labute approximate surface area is 81.3 Å². The second-order valence-corrected chi connectivity index (χ2v) is 2.97. The van der Waals surface area contributed by atoms with Gasteiger partial charge in [0.15, 0.2) is 0 Å². The molecular formula is C10H10N2O2. The van der Waals surface area contributed by atoms with Crippen LogP contribution in [0.25, 0.3) is 6.08 Å². The van der Waals surface area contributed by atoms with Gasteiger partial charge in [0, 0.05) is 12.4 Å². The van der Waals surface area contributed by atoms with Gasteiger partial charge in [0.25, 0.3) is 0 Å². The molecule has 0 fully saturated rings. The van der Waals surface area contributed by atoms with E-state index in [1.807, 2.05) is 36.6 Å². The Balaban J connectivity index is 2.33. The van der Waals surface area contributed by atoms with Gasteiger partial charge in [-0.3, -0.25) is 14.5 Å². The van der Waals surface area contributed by atoms with Gasteiger partial charge in [-0.2, -0.15) is 0 Å². The molecule has 0 saturated carbocycles. The van der Waals surface area contributed by atoms with Crippen LogP contribution < -0.4 is 5.01 Å². The van der Waals surface area contributed by atoms with Crippen molar-refractivity contribution in [3.05, 3.63) is 42.4 Å². The monoisotopic (exact) mass is 190 g/mol. The minimum absolute atomic E-state index is 0.0418. The maximum absolute atomic E-state index is 10.6. The third-order valence-corrected chi connectivity index (χ3v) is 1.97. The highest BCUT2D eigenvalue weighted by atomic mass is 16.4. The molecule has 1 N–H and O–H groups in total. The summed E-state index contributed by atoms with van der Waals surface area (Å²) in [4.78, 5) is 10.6. The van der Waals surface area contributed by atoms with E-state index < -0.39 is 5.97 Å². The van der Waals surface area contributed by atoms with Gasteiger partial charge in [0.1, 0.15) is 6.54 Å². The maximum Gasteiger partial charge on any atom is 0.325 e. The summed E-state index contributed by atoms with van der Waals surface area (Å²) in [7, 11) is 0. The largest absolute Gasteiger partial charge is 0.480 e. The molecule has 0 unspecified atom stereocenters. The highest BCUT2D eigenvalue weighted by Crippen LogP contribution is 2.09. The molecule has 0 saturated heterocycles. The Morgan fingerprint density at radius 2 is 2.29 bits per heavy atom. The molecule has 1 aliphatic heterocycles. The van der Waals surface area contributed by atoms with Gasteiger partial charge in [-0.15, -0.1) is 0 Å². The lowest BCUT2D eigenvalue weighted by Crippen LogP contribution is -2.33. The number of hydrogen-bond acceptors (Lipinski definition) is 2. The highest BCUT2D eigenvalue weighted by molar-refractivity contribution is 5.71. The van der Waals surface area contributed by atoms with E-state index in [0.29, 0.717) is 0 Å². The van der Waals surface area contributed by atoms with Crippen molar-refractivity contribution in [3.63, 3.8) is 0 Å². The molecule has 1 aromatic rings. The van der Waals surface area contributed by atoms with Crippen molar-refractivity contribution in [3.8, 4) is 0 Å². The van der Waals surface area contributed by atoms with Crippen LogP contribution in [0, 0.1) is 0 Å². The number of aliphatic carboxylic acids is 1. The van der Waals surface area contributed by atoms with Crippen LogP contribution in [-0.2, 0) is 4.79 Å². The van der Waals surface area contributed by atoms with E-state index in [0.717, 1.165) is 5.69 Å². The van der Waals surface area contributed by atoms with Crippen LogP contribution in [0.5, 0.6) is 0 Å². The molecule has 0 aliphatic carbocycles. The van der Waals surface area contributed by atoms with Crippen LogP contribution in [0.4, 0.5) is 0 Å². The third kappa shape index (κ3) is 1.54. The van der Waals surface area contributed by atoms with Crippen LogP contribution in [0.15, 0.2) is 36.7 Å². The summed E-state index contributed by atoms with van der Waals surface area (Å²) in [6, 6.07) is 3.81. The van der Waals surface area contributed by atoms with Gasteiger partial charge in [0.05, 0.1) is 5.69 Å². The number of carboxylic acid groups (broad SMARTS) is 1. The molecule has 1 aliphatic rings. The third-order valence-electron chi connectivity index (χ3n) is 1.97. The summed E-state index contributed by atoms with van der Waals surface area (Å²) in [5.74, 6) is -0.851. The minimum atomic E-state index is -0.851. The van der Waals surface area contributed by atoms with Crippen molar-refractivity contribution >= 4 is 12.0 Å². The average molecular weight is 190 g/mol. The van der Waals surface area contributed by atoms with Crippen molar-refractivity contribution < 1.29 is 9.90 Å². The van der Waals surface area contributed by atoms with Gasteiger partial charge in [-0.05, 0) is 24.3 Å². The number of nitrogens with zero attached hydrogens (tertiary/aromatic N) is 2. The van der Waals surface area contributed by atoms with E-state index >= 15 is 0 Å². The Morgan fingerprint density at radius 3 is 3.07 bits per heavy atom. The fourth-order valence-corrected chi connectivity index (χ4v) is 1.39. The van der Waals surface area contributed by atoms with Gasteiger partial charge < -0.3 is 5.11 Å². The number of hydrogen-bond donors (Lipinski definition) is 1. The van der Waals surface area contributed by atoms with E-state index in [9.17, 15) is 4.79 Å². The Hall–Kier alpha value is -1.97. The van der Waals surface area contributed by atoms with E-state index in [2.05, 4.69) is 0 Å². The SMILES string of the molecule is O=C(O)CN1C=CC=Cc2cccn21. The van der Waals surface area contributed by atoms with Gasteiger partial charge in [-0.25, -0.2) is 0 Å². The number of aromatic nitrogens is 1. The molecule has 72 valence electrons. The molecule has 0 radical (unpaired) electrons. The molecular weight excluding hydrogens is 180 g/mol. The lowest BCUT2D eigenvalue weighted by atomic mass is 10.4. The molecule has 0 bridgehead atoms. The minimum Gasteiger partial charge on any atom is -0.480 e. The van der Waals surface area contributed by atoms with Crippen LogP contribution in [0.2, 0.25) is 0 Å². The molecule has 1 aromatic heterocycles. The molecule has 4 heteroatoms. The van der Waals surface area contributed by atoms with Crippen molar-refractivity contribution in [2.75, 3.05) is 11.6 Å². The Bertz CT molecular complexity index is 404. The second-order valence-electron chi connectivity index (χ2n) is 2.97. The van der Waals surface area contributed by atoms with Crippen molar-refractivity contribution in [1.82, 2.24) is 4.68 Å².